The number of nitrogens with two attached hydrogens (primary N) is 1. The molecule has 4 heteroatoms. The zero-order chi connectivity index (χ0) is 12.1. The standard InChI is InChI=1S/C13H15F2NO/c14-11(15)17-10-3-1-2-9(8-10)12(4-5-12)13(16)6-7-13/h1-3,8,11H,4-7,16H2. The summed E-state index contributed by atoms with van der Waals surface area (Å²) >= 11 is 0. The van der Waals surface area contributed by atoms with Crippen LogP contribution in [0.4, 0.5) is 8.78 Å². The lowest BCUT2D eigenvalue weighted by Gasteiger charge is -2.23. The number of ether oxygens (including phenoxy) is 1. The van der Waals surface area contributed by atoms with Crippen LogP contribution in [0, 0.1) is 0 Å². The van der Waals surface area contributed by atoms with Crippen LogP contribution in [-0.2, 0) is 5.41 Å². The Morgan fingerprint density at radius 3 is 2.41 bits per heavy atom. The van der Waals surface area contributed by atoms with Gasteiger partial charge >= 0.3 is 6.61 Å². The molecule has 0 heterocycles. The maximum atomic E-state index is 12.2. The van der Waals surface area contributed by atoms with E-state index in [1.54, 1.807) is 18.2 Å². The summed E-state index contributed by atoms with van der Waals surface area (Å²) in [4.78, 5) is 0. The summed E-state index contributed by atoms with van der Waals surface area (Å²) in [5.41, 5.74) is 7.25. The molecular weight excluding hydrogens is 224 g/mol. The Morgan fingerprint density at radius 2 is 1.88 bits per heavy atom. The van der Waals surface area contributed by atoms with Crippen LogP contribution >= 0.6 is 0 Å². The highest BCUT2D eigenvalue weighted by Crippen LogP contribution is 2.63. The highest BCUT2D eigenvalue weighted by molar-refractivity contribution is 5.43. The van der Waals surface area contributed by atoms with E-state index < -0.39 is 6.61 Å². The van der Waals surface area contributed by atoms with Crippen LogP contribution in [0.25, 0.3) is 0 Å². The molecule has 0 saturated heterocycles. The maximum Gasteiger partial charge on any atom is 0.387 e. The molecule has 2 saturated carbocycles. The first-order valence-electron chi connectivity index (χ1n) is 5.90. The van der Waals surface area contributed by atoms with Crippen LogP contribution in [0.3, 0.4) is 0 Å². The third-order valence-electron chi connectivity index (χ3n) is 4.10. The molecule has 0 radical (unpaired) electrons. The first-order chi connectivity index (χ1) is 8.06. The Kier molecular flexibility index (Phi) is 2.20. The van der Waals surface area contributed by atoms with Gasteiger partial charge in [-0.2, -0.15) is 8.78 Å². The zero-order valence-electron chi connectivity index (χ0n) is 9.46. The van der Waals surface area contributed by atoms with Gasteiger partial charge in [0, 0.05) is 11.0 Å². The van der Waals surface area contributed by atoms with Gasteiger partial charge in [-0.25, -0.2) is 0 Å². The van der Waals surface area contributed by atoms with E-state index in [2.05, 4.69) is 4.74 Å². The minimum atomic E-state index is -2.77. The van der Waals surface area contributed by atoms with Crippen molar-refractivity contribution in [2.24, 2.45) is 5.73 Å². The fourth-order valence-electron chi connectivity index (χ4n) is 2.78. The predicted octanol–water partition coefficient (Wildman–Crippen LogP) is 2.81. The molecule has 1 aromatic carbocycles. The summed E-state index contributed by atoms with van der Waals surface area (Å²) in [6.45, 7) is -2.77. The summed E-state index contributed by atoms with van der Waals surface area (Å²) in [6, 6.07) is 7.00. The molecule has 0 atom stereocenters. The molecule has 2 nitrogen and oxygen atoms in total. The topological polar surface area (TPSA) is 35.2 Å². The quantitative estimate of drug-likeness (QED) is 0.876. The van der Waals surface area contributed by atoms with E-state index in [0.717, 1.165) is 31.2 Å². The van der Waals surface area contributed by atoms with Crippen molar-refractivity contribution in [1.29, 1.82) is 0 Å². The molecule has 0 aromatic heterocycles. The molecule has 92 valence electrons. The fourth-order valence-corrected chi connectivity index (χ4v) is 2.78. The SMILES string of the molecule is NC1(C2(c3cccc(OC(F)F)c3)CC2)CC1. The second kappa shape index (κ2) is 3.42. The molecule has 17 heavy (non-hydrogen) atoms. The van der Waals surface area contributed by atoms with Crippen molar-refractivity contribution in [3.05, 3.63) is 29.8 Å². The second-order valence-electron chi connectivity index (χ2n) is 5.14. The molecule has 0 bridgehead atoms. The molecule has 2 fully saturated rings. The summed E-state index contributed by atoms with van der Waals surface area (Å²) < 4.78 is 28.8. The lowest BCUT2D eigenvalue weighted by Crippen LogP contribution is -2.37. The van der Waals surface area contributed by atoms with Gasteiger partial charge < -0.3 is 10.5 Å². The van der Waals surface area contributed by atoms with Crippen molar-refractivity contribution in [3.63, 3.8) is 0 Å². The van der Waals surface area contributed by atoms with E-state index in [4.69, 9.17) is 5.73 Å². The van der Waals surface area contributed by atoms with Crippen molar-refractivity contribution >= 4 is 0 Å². The molecule has 1 aromatic rings. The summed E-state index contributed by atoms with van der Waals surface area (Å²) in [5, 5.41) is 0. The average molecular weight is 239 g/mol. The average Bonchev–Trinajstić information content (AvgIpc) is 3.12. The summed E-state index contributed by atoms with van der Waals surface area (Å²) in [5.74, 6) is 0.230. The number of hydrogen-bond acceptors (Lipinski definition) is 2. The summed E-state index contributed by atoms with van der Waals surface area (Å²) in [6.07, 6.45) is 4.18. The molecule has 3 rings (SSSR count). The normalized spacial score (nSPS) is 23.5. The monoisotopic (exact) mass is 239 g/mol. The molecule has 2 aliphatic rings. The lowest BCUT2D eigenvalue weighted by molar-refractivity contribution is -0.0499. The first kappa shape index (κ1) is 11.0. The highest BCUT2D eigenvalue weighted by Gasteiger charge is 2.64. The van der Waals surface area contributed by atoms with Gasteiger partial charge in [-0.3, -0.25) is 0 Å². The number of rotatable bonds is 4. The van der Waals surface area contributed by atoms with Crippen molar-refractivity contribution in [2.75, 3.05) is 0 Å². The van der Waals surface area contributed by atoms with Gasteiger partial charge in [-0.05, 0) is 43.4 Å². The van der Waals surface area contributed by atoms with Gasteiger partial charge in [0.15, 0.2) is 0 Å². The largest absolute Gasteiger partial charge is 0.435 e. The Balaban J connectivity index is 1.88. The number of alkyl halides is 2. The Labute approximate surface area is 98.8 Å². The Morgan fingerprint density at radius 1 is 1.18 bits per heavy atom. The molecule has 2 N–H and O–H groups in total. The van der Waals surface area contributed by atoms with E-state index in [-0.39, 0.29) is 16.7 Å². The molecular formula is C13H15F2NO. The minimum absolute atomic E-state index is 0.0223. The minimum Gasteiger partial charge on any atom is -0.435 e. The van der Waals surface area contributed by atoms with Gasteiger partial charge in [0.1, 0.15) is 5.75 Å². The molecule has 0 amide bonds. The third kappa shape index (κ3) is 1.71. The van der Waals surface area contributed by atoms with Gasteiger partial charge in [0.25, 0.3) is 0 Å². The fraction of sp³-hybridized carbons (Fsp3) is 0.538. The van der Waals surface area contributed by atoms with Crippen LogP contribution in [0.2, 0.25) is 0 Å². The van der Waals surface area contributed by atoms with Gasteiger partial charge in [-0.15, -0.1) is 0 Å². The van der Waals surface area contributed by atoms with Crippen LogP contribution in [-0.4, -0.2) is 12.2 Å². The highest BCUT2D eigenvalue weighted by atomic mass is 19.3. The van der Waals surface area contributed by atoms with Crippen LogP contribution in [0.1, 0.15) is 31.2 Å². The van der Waals surface area contributed by atoms with Gasteiger partial charge in [0.05, 0.1) is 0 Å². The van der Waals surface area contributed by atoms with Gasteiger partial charge in [-0.1, -0.05) is 12.1 Å². The smallest absolute Gasteiger partial charge is 0.387 e. The molecule has 2 aliphatic carbocycles. The van der Waals surface area contributed by atoms with Crippen molar-refractivity contribution in [1.82, 2.24) is 0 Å². The van der Waals surface area contributed by atoms with Crippen LogP contribution < -0.4 is 10.5 Å². The van der Waals surface area contributed by atoms with Crippen LogP contribution in [0.5, 0.6) is 5.75 Å². The third-order valence-corrected chi connectivity index (χ3v) is 4.10. The number of hydrogen-bond donors (Lipinski definition) is 1. The molecule has 0 aliphatic heterocycles. The second-order valence-corrected chi connectivity index (χ2v) is 5.14. The van der Waals surface area contributed by atoms with Gasteiger partial charge in [0.2, 0.25) is 0 Å². The van der Waals surface area contributed by atoms with E-state index in [9.17, 15) is 8.78 Å². The van der Waals surface area contributed by atoms with E-state index in [1.165, 1.54) is 0 Å². The van der Waals surface area contributed by atoms with E-state index >= 15 is 0 Å². The number of halogens is 2. The predicted molar refractivity (Wildman–Crippen MR) is 60.1 cm³/mol. The number of benzene rings is 1. The van der Waals surface area contributed by atoms with E-state index in [0.29, 0.717) is 0 Å². The van der Waals surface area contributed by atoms with Crippen molar-refractivity contribution < 1.29 is 13.5 Å². The zero-order valence-corrected chi connectivity index (χ0v) is 9.46. The molecule has 0 spiro atoms. The van der Waals surface area contributed by atoms with Crippen molar-refractivity contribution in [3.8, 4) is 5.75 Å². The lowest BCUT2D eigenvalue weighted by atomic mass is 9.86. The Bertz CT molecular complexity index is 439. The van der Waals surface area contributed by atoms with Crippen LogP contribution in [0.15, 0.2) is 24.3 Å². The maximum absolute atomic E-state index is 12.2. The van der Waals surface area contributed by atoms with Crippen molar-refractivity contribution in [2.45, 2.75) is 43.2 Å². The summed E-state index contributed by atoms with van der Waals surface area (Å²) in [7, 11) is 0. The molecule has 0 unspecified atom stereocenters. The first-order valence-corrected chi connectivity index (χ1v) is 5.90. The Hall–Kier alpha value is -1.16. The van der Waals surface area contributed by atoms with E-state index in [1.807, 2.05) is 6.07 Å².